The van der Waals surface area contributed by atoms with Crippen LogP contribution in [0.25, 0.3) is 22.2 Å². The van der Waals surface area contributed by atoms with E-state index in [2.05, 4.69) is 5.32 Å². The quantitative estimate of drug-likeness (QED) is 0.624. The van der Waals surface area contributed by atoms with Gasteiger partial charge in [-0.05, 0) is 36.2 Å². The molecule has 0 saturated carbocycles. The number of benzene rings is 2. The smallest absolute Gasteiger partial charge is 0.263 e. The molecule has 1 N–H and O–H groups in total. The van der Waals surface area contributed by atoms with E-state index in [1.54, 1.807) is 11.7 Å². The highest BCUT2D eigenvalue weighted by Crippen LogP contribution is 2.42. The zero-order chi connectivity index (χ0) is 17.6. The Morgan fingerprint density at radius 1 is 1.16 bits per heavy atom. The van der Waals surface area contributed by atoms with E-state index in [1.807, 2.05) is 42.5 Å². The highest BCUT2D eigenvalue weighted by Gasteiger charge is 2.31. The van der Waals surface area contributed by atoms with Gasteiger partial charge in [-0.25, -0.2) is 0 Å². The number of aromatic nitrogens is 1. The van der Waals surface area contributed by atoms with Crippen molar-refractivity contribution in [1.82, 2.24) is 9.88 Å². The zero-order valence-corrected chi connectivity index (χ0v) is 14.1. The number of rotatable bonds is 4. The van der Waals surface area contributed by atoms with E-state index in [-0.39, 0.29) is 11.8 Å². The first-order valence-corrected chi connectivity index (χ1v) is 8.21. The summed E-state index contributed by atoms with van der Waals surface area (Å²) in [6.45, 7) is 2.03. The SMILES string of the molecule is COc1ccc2c(c1)c(CCNC(C)=O)c1n2C(=O)c2ccccc2-1. The molecule has 1 aromatic heterocycles. The fraction of sp³-hybridized carbons (Fsp3) is 0.200. The van der Waals surface area contributed by atoms with Gasteiger partial charge in [0, 0.05) is 30.0 Å². The number of nitrogens with one attached hydrogen (secondary N) is 1. The van der Waals surface area contributed by atoms with Gasteiger partial charge in [0.25, 0.3) is 5.91 Å². The fourth-order valence-electron chi connectivity index (χ4n) is 3.57. The normalized spacial score (nSPS) is 12.2. The van der Waals surface area contributed by atoms with E-state index in [0.717, 1.165) is 39.0 Å². The van der Waals surface area contributed by atoms with E-state index in [0.29, 0.717) is 13.0 Å². The lowest BCUT2D eigenvalue weighted by molar-refractivity contribution is -0.118. The third-order valence-electron chi connectivity index (χ3n) is 4.64. The van der Waals surface area contributed by atoms with Crippen LogP contribution in [0.4, 0.5) is 0 Å². The van der Waals surface area contributed by atoms with Crippen LogP contribution in [0.15, 0.2) is 42.5 Å². The summed E-state index contributed by atoms with van der Waals surface area (Å²) in [4.78, 5) is 24.1. The molecule has 1 aliphatic heterocycles. The van der Waals surface area contributed by atoms with E-state index < -0.39 is 0 Å². The molecule has 5 heteroatoms. The Morgan fingerprint density at radius 2 is 1.92 bits per heavy atom. The van der Waals surface area contributed by atoms with Gasteiger partial charge < -0.3 is 10.1 Å². The van der Waals surface area contributed by atoms with Crippen LogP contribution in [-0.2, 0) is 11.2 Å². The molecule has 0 unspecified atom stereocenters. The van der Waals surface area contributed by atoms with Crippen molar-refractivity contribution < 1.29 is 14.3 Å². The zero-order valence-electron chi connectivity index (χ0n) is 14.1. The Morgan fingerprint density at radius 3 is 2.64 bits per heavy atom. The molecule has 0 aliphatic carbocycles. The molecule has 126 valence electrons. The van der Waals surface area contributed by atoms with E-state index in [9.17, 15) is 9.59 Å². The average molecular weight is 334 g/mol. The number of amides is 1. The number of hydrogen-bond acceptors (Lipinski definition) is 3. The van der Waals surface area contributed by atoms with Crippen molar-refractivity contribution in [2.75, 3.05) is 13.7 Å². The molecule has 4 rings (SSSR count). The minimum Gasteiger partial charge on any atom is -0.497 e. The van der Waals surface area contributed by atoms with E-state index in [4.69, 9.17) is 4.74 Å². The summed E-state index contributed by atoms with van der Waals surface area (Å²) < 4.78 is 7.13. The first-order chi connectivity index (χ1) is 12.1. The van der Waals surface area contributed by atoms with Crippen molar-refractivity contribution >= 4 is 22.7 Å². The molecule has 2 aromatic carbocycles. The summed E-state index contributed by atoms with van der Waals surface area (Å²) in [5.74, 6) is 0.680. The Labute approximate surface area is 145 Å². The second kappa shape index (κ2) is 5.77. The lowest BCUT2D eigenvalue weighted by atomic mass is 10.00. The number of carbonyl (C=O) groups is 2. The van der Waals surface area contributed by atoms with Gasteiger partial charge in [0.15, 0.2) is 0 Å². The number of hydrogen-bond donors (Lipinski definition) is 1. The molecule has 25 heavy (non-hydrogen) atoms. The second-order valence-corrected chi connectivity index (χ2v) is 6.13. The maximum Gasteiger partial charge on any atom is 0.263 e. The molecule has 0 spiro atoms. The molecule has 0 fully saturated rings. The maximum atomic E-state index is 12.9. The Balaban J connectivity index is 1.95. The maximum absolute atomic E-state index is 12.9. The molecular weight excluding hydrogens is 316 g/mol. The van der Waals surface area contributed by atoms with Gasteiger partial charge in [-0.3, -0.25) is 14.2 Å². The number of ether oxygens (including phenoxy) is 1. The molecule has 1 amide bonds. The molecule has 3 aromatic rings. The third-order valence-corrected chi connectivity index (χ3v) is 4.64. The minimum absolute atomic E-state index is 0.00783. The van der Waals surface area contributed by atoms with Crippen molar-refractivity contribution in [2.24, 2.45) is 0 Å². The highest BCUT2D eigenvalue weighted by molar-refractivity contribution is 6.16. The van der Waals surface area contributed by atoms with Crippen LogP contribution in [0.5, 0.6) is 5.75 Å². The number of fused-ring (bicyclic) bond motifs is 5. The molecule has 0 atom stereocenters. The predicted molar refractivity (Wildman–Crippen MR) is 96.0 cm³/mol. The van der Waals surface area contributed by atoms with Gasteiger partial charge in [0.2, 0.25) is 5.91 Å². The van der Waals surface area contributed by atoms with Gasteiger partial charge in [-0.2, -0.15) is 0 Å². The first-order valence-electron chi connectivity index (χ1n) is 8.21. The lowest BCUT2D eigenvalue weighted by Crippen LogP contribution is -2.22. The molecule has 1 aliphatic rings. The number of nitrogens with zero attached hydrogens (tertiary/aromatic N) is 1. The lowest BCUT2D eigenvalue weighted by Gasteiger charge is -2.06. The van der Waals surface area contributed by atoms with Crippen molar-refractivity contribution in [3.8, 4) is 17.0 Å². The van der Waals surface area contributed by atoms with Gasteiger partial charge in [-0.15, -0.1) is 0 Å². The summed E-state index contributed by atoms with van der Waals surface area (Å²) >= 11 is 0. The van der Waals surface area contributed by atoms with Gasteiger partial charge in [0.05, 0.1) is 18.3 Å². The number of methoxy groups -OCH3 is 1. The van der Waals surface area contributed by atoms with Crippen LogP contribution in [-0.4, -0.2) is 30.0 Å². The molecule has 5 nitrogen and oxygen atoms in total. The summed E-state index contributed by atoms with van der Waals surface area (Å²) in [6.07, 6.45) is 0.646. The van der Waals surface area contributed by atoms with Crippen molar-refractivity contribution in [1.29, 1.82) is 0 Å². The number of carbonyl (C=O) groups excluding carboxylic acids is 2. The van der Waals surface area contributed by atoms with Crippen LogP contribution in [0, 0.1) is 0 Å². The van der Waals surface area contributed by atoms with Crippen molar-refractivity contribution in [3.63, 3.8) is 0 Å². The van der Waals surface area contributed by atoms with Gasteiger partial charge >= 0.3 is 0 Å². The fourth-order valence-corrected chi connectivity index (χ4v) is 3.57. The summed E-state index contributed by atoms with van der Waals surface area (Å²) in [7, 11) is 1.63. The van der Waals surface area contributed by atoms with Crippen molar-refractivity contribution in [2.45, 2.75) is 13.3 Å². The Hall–Kier alpha value is -3.08. The highest BCUT2D eigenvalue weighted by atomic mass is 16.5. The predicted octanol–water partition coefficient (Wildman–Crippen LogP) is 3.00. The summed E-state index contributed by atoms with van der Waals surface area (Å²) in [6, 6.07) is 13.4. The van der Waals surface area contributed by atoms with Crippen LogP contribution in [0.3, 0.4) is 0 Å². The van der Waals surface area contributed by atoms with Crippen molar-refractivity contribution in [3.05, 3.63) is 53.6 Å². The van der Waals surface area contributed by atoms with Gasteiger partial charge in [-0.1, -0.05) is 18.2 Å². The van der Waals surface area contributed by atoms with Crippen LogP contribution in [0.2, 0.25) is 0 Å². The van der Waals surface area contributed by atoms with E-state index >= 15 is 0 Å². The average Bonchev–Trinajstić information content (AvgIpc) is 3.09. The Kier molecular flexibility index (Phi) is 3.57. The molecule has 0 saturated heterocycles. The third kappa shape index (κ3) is 2.31. The second-order valence-electron chi connectivity index (χ2n) is 6.13. The molecule has 0 bridgehead atoms. The van der Waals surface area contributed by atoms with Crippen LogP contribution in [0.1, 0.15) is 22.8 Å². The largest absolute Gasteiger partial charge is 0.497 e. The first kappa shape index (κ1) is 15.4. The van der Waals surface area contributed by atoms with E-state index in [1.165, 1.54) is 6.92 Å². The minimum atomic E-state index is -0.0609. The molecular formula is C20H18N2O3. The topological polar surface area (TPSA) is 60.3 Å². The molecule has 2 heterocycles. The summed E-state index contributed by atoms with van der Waals surface area (Å²) in [5, 5.41) is 3.83. The monoisotopic (exact) mass is 334 g/mol. The molecule has 0 radical (unpaired) electrons. The van der Waals surface area contributed by atoms with Gasteiger partial charge in [0.1, 0.15) is 5.75 Å². The van der Waals surface area contributed by atoms with Crippen LogP contribution >= 0.6 is 0 Å². The Bertz CT molecular complexity index is 1020. The standard InChI is InChI=1S/C20H18N2O3/c1-12(23)21-10-9-15-17-11-13(25-2)7-8-18(17)22-19(15)14-5-3-4-6-16(14)20(22)24/h3-8,11H,9-10H2,1-2H3,(H,21,23). The summed E-state index contributed by atoms with van der Waals surface area (Å²) in [5.41, 5.74) is 4.52. The van der Waals surface area contributed by atoms with Crippen LogP contribution < -0.4 is 10.1 Å².